The molecule has 0 unspecified atom stereocenters. The number of amides is 1. The van der Waals surface area contributed by atoms with Crippen molar-refractivity contribution >= 4 is 11.9 Å². The molecule has 0 bridgehead atoms. The Morgan fingerprint density at radius 2 is 1.73 bits per heavy atom. The van der Waals surface area contributed by atoms with E-state index in [4.69, 9.17) is 14.6 Å². The van der Waals surface area contributed by atoms with Crippen molar-refractivity contribution in [1.29, 1.82) is 0 Å². The van der Waals surface area contributed by atoms with Gasteiger partial charge in [0.2, 0.25) is 5.91 Å². The van der Waals surface area contributed by atoms with E-state index < -0.39 is 17.9 Å². The van der Waals surface area contributed by atoms with Crippen LogP contribution in [-0.4, -0.2) is 37.7 Å². The number of ether oxygens (including phenoxy) is 2. The summed E-state index contributed by atoms with van der Waals surface area (Å²) in [5, 5.41) is 11.2. The normalized spacial score (nSPS) is 10.9. The smallest absolute Gasteiger partial charge is 0.322 e. The lowest BCUT2D eigenvalue weighted by Gasteiger charge is -2.31. The zero-order valence-electron chi connectivity index (χ0n) is 13.4. The molecule has 6 nitrogen and oxygen atoms in total. The number of carbonyl (C=O) groups is 2. The first-order chi connectivity index (χ1) is 10.4. The summed E-state index contributed by atoms with van der Waals surface area (Å²) in [6.07, 6.45) is 1.09. The topological polar surface area (TPSA) is 84.9 Å². The molecule has 0 spiro atoms. The average molecular weight is 309 g/mol. The molecule has 22 heavy (non-hydrogen) atoms. The van der Waals surface area contributed by atoms with Gasteiger partial charge in [-0.05, 0) is 30.5 Å². The summed E-state index contributed by atoms with van der Waals surface area (Å²) >= 11 is 0. The van der Waals surface area contributed by atoms with Crippen LogP contribution in [0, 0.1) is 0 Å². The second-order valence-electron chi connectivity index (χ2n) is 4.94. The fourth-order valence-corrected chi connectivity index (χ4v) is 2.57. The standard InChI is InChI=1S/C16H23NO5/c1-5-16(6-2,15(20)17-10-14(18)19)11-7-8-12(21-3)13(9-11)22-4/h7-9H,5-6,10H2,1-4H3,(H,17,20)(H,18,19). The summed E-state index contributed by atoms with van der Waals surface area (Å²) in [5.41, 5.74) is -0.0207. The Balaban J connectivity index is 3.23. The van der Waals surface area contributed by atoms with Gasteiger partial charge in [0.25, 0.3) is 0 Å². The molecule has 0 saturated heterocycles. The lowest BCUT2D eigenvalue weighted by Crippen LogP contribution is -2.45. The number of carboxylic acid groups (broad SMARTS) is 1. The van der Waals surface area contributed by atoms with Gasteiger partial charge in [0.1, 0.15) is 6.54 Å². The molecule has 1 aromatic rings. The molecule has 0 aliphatic rings. The van der Waals surface area contributed by atoms with Crippen molar-refractivity contribution in [3.63, 3.8) is 0 Å². The van der Waals surface area contributed by atoms with Gasteiger partial charge in [0, 0.05) is 0 Å². The molecule has 1 aromatic carbocycles. The van der Waals surface area contributed by atoms with Crippen molar-refractivity contribution in [3.8, 4) is 11.5 Å². The molecular weight excluding hydrogens is 286 g/mol. The first kappa shape index (κ1) is 17.8. The van der Waals surface area contributed by atoms with E-state index in [1.54, 1.807) is 19.2 Å². The Bertz CT molecular complexity index is 537. The van der Waals surface area contributed by atoms with Crippen molar-refractivity contribution in [2.24, 2.45) is 0 Å². The number of hydrogen-bond acceptors (Lipinski definition) is 4. The third kappa shape index (κ3) is 3.50. The van der Waals surface area contributed by atoms with Gasteiger partial charge in [0.05, 0.1) is 19.6 Å². The van der Waals surface area contributed by atoms with Crippen molar-refractivity contribution < 1.29 is 24.2 Å². The van der Waals surface area contributed by atoms with E-state index in [9.17, 15) is 9.59 Å². The van der Waals surface area contributed by atoms with Crippen LogP contribution in [0.2, 0.25) is 0 Å². The number of carboxylic acids is 1. The third-order valence-electron chi connectivity index (χ3n) is 3.98. The molecule has 1 amide bonds. The van der Waals surface area contributed by atoms with Crippen LogP contribution < -0.4 is 14.8 Å². The van der Waals surface area contributed by atoms with E-state index in [2.05, 4.69) is 5.32 Å². The Morgan fingerprint density at radius 3 is 2.18 bits per heavy atom. The molecule has 0 radical (unpaired) electrons. The van der Waals surface area contributed by atoms with Gasteiger partial charge < -0.3 is 19.9 Å². The number of methoxy groups -OCH3 is 2. The largest absolute Gasteiger partial charge is 0.493 e. The van der Waals surface area contributed by atoms with Crippen LogP contribution in [0.15, 0.2) is 18.2 Å². The minimum Gasteiger partial charge on any atom is -0.493 e. The number of nitrogens with one attached hydrogen (secondary N) is 1. The van der Waals surface area contributed by atoms with Crippen molar-refractivity contribution in [2.45, 2.75) is 32.1 Å². The summed E-state index contributed by atoms with van der Waals surface area (Å²) < 4.78 is 10.5. The van der Waals surface area contributed by atoms with Crippen LogP contribution in [0.3, 0.4) is 0 Å². The summed E-state index contributed by atoms with van der Waals surface area (Å²) in [6, 6.07) is 5.33. The number of rotatable bonds is 8. The zero-order valence-corrected chi connectivity index (χ0v) is 13.4. The first-order valence-corrected chi connectivity index (χ1v) is 7.17. The third-order valence-corrected chi connectivity index (χ3v) is 3.98. The molecule has 0 fully saturated rings. The highest BCUT2D eigenvalue weighted by Gasteiger charge is 2.37. The van der Waals surface area contributed by atoms with E-state index in [-0.39, 0.29) is 5.91 Å². The number of hydrogen-bond donors (Lipinski definition) is 2. The summed E-state index contributed by atoms with van der Waals surface area (Å²) in [7, 11) is 3.08. The van der Waals surface area contributed by atoms with Crippen LogP contribution in [0.4, 0.5) is 0 Å². The highest BCUT2D eigenvalue weighted by Crippen LogP contribution is 2.37. The summed E-state index contributed by atoms with van der Waals surface area (Å²) in [4.78, 5) is 23.2. The van der Waals surface area contributed by atoms with Crippen molar-refractivity contribution in [2.75, 3.05) is 20.8 Å². The highest BCUT2D eigenvalue weighted by molar-refractivity contribution is 5.90. The van der Waals surface area contributed by atoms with Gasteiger partial charge in [0.15, 0.2) is 11.5 Å². The van der Waals surface area contributed by atoms with E-state index in [1.807, 2.05) is 19.9 Å². The van der Waals surface area contributed by atoms with Crippen LogP contribution >= 0.6 is 0 Å². The molecule has 0 atom stereocenters. The lowest BCUT2D eigenvalue weighted by molar-refractivity contribution is -0.139. The monoisotopic (exact) mass is 309 g/mol. The van der Waals surface area contributed by atoms with Crippen molar-refractivity contribution in [3.05, 3.63) is 23.8 Å². The van der Waals surface area contributed by atoms with E-state index in [0.717, 1.165) is 5.56 Å². The van der Waals surface area contributed by atoms with E-state index in [0.29, 0.717) is 24.3 Å². The average Bonchev–Trinajstić information content (AvgIpc) is 2.54. The van der Waals surface area contributed by atoms with Gasteiger partial charge in [-0.15, -0.1) is 0 Å². The molecular formula is C16H23NO5. The summed E-state index contributed by atoms with van der Waals surface area (Å²) in [6.45, 7) is 3.41. The molecule has 122 valence electrons. The quantitative estimate of drug-likeness (QED) is 0.767. The van der Waals surface area contributed by atoms with Gasteiger partial charge in [-0.3, -0.25) is 9.59 Å². The van der Waals surface area contributed by atoms with E-state index in [1.165, 1.54) is 7.11 Å². The molecule has 0 aliphatic carbocycles. The van der Waals surface area contributed by atoms with Crippen LogP contribution in [0.5, 0.6) is 11.5 Å². The molecule has 0 aromatic heterocycles. The highest BCUT2D eigenvalue weighted by atomic mass is 16.5. The van der Waals surface area contributed by atoms with E-state index >= 15 is 0 Å². The second kappa shape index (κ2) is 7.68. The maximum atomic E-state index is 12.5. The number of benzene rings is 1. The predicted molar refractivity (Wildman–Crippen MR) is 82.5 cm³/mol. The first-order valence-electron chi connectivity index (χ1n) is 7.17. The minimum absolute atomic E-state index is 0.299. The molecule has 2 N–H and O–H groups in total. The van der Waals surface area contributed by atoms with Gasteiger partial charge in [-0.2, -0.15) is 0 Å². The minimum atomic E-state index is -1.07. The fourth-order valence-electron chi connectivity index (χ4n) is 2.57. The lowest BCUT2D eigenvalue weighted by atomic mass is 9.75. The second-order valence-corrected chi connectivity index (χ2v) is 4.94. The summed E-state index contributed by atoms with van der Waals surface area (Å²) in [5.74, 6) is -0.246. The Labute approximate surface area is 130 Å². The van der Waals surface area contributed by atoms with Gasteiger partial charge >= 0.3 is 5.97 Å². The molecule has 0 aliphatic heterocycles. The maximum Gasteiger partial charge on any atom is 0.322 e. The van der Waals surface area contributed by atoms with Crippen molar-refractivity contribution in [1.82, 2.24) is 5.32 Å². The molecule has 0 saturated carbocycles. The number of aliphatic carboxylic acids is 1. The van der Waals surface area contributed by atoms with Gasteiger partial charge in [-0.25, -0.2) is 0 Å². The maximum absolute atomic E-state index is 12.5. The van der Waals surface area contributed by atoms with Crippen LogP contribution in [0.1, 0.15) is 32.3 Å². The Morgan fingerprint density at radius 1 is 1.14 bits per heavy atom. The fraction of sp³-hybridized carbons (Fsp3) is 0.500. The molecule has 1 rings (SSSR count). The molecule has 6 heteroatoms. The predicted octanol–water partition coefficient (Wildman–Crippen LogP) is 1.96. The molecule has 0 heterocycles. The Kier molecular flexibility index (Phi) is 6.22. The van der Waals surface area contributed by atoms with Crippen LogP contribution in [-0.2, 0) is 15.0 Å². The SMILES string of the molecule is CCC(CC)(C(=O)NCC(=O)O)c1ccc(OC)c(OC)c1. The number of carbonyl (C=O) groups excluding carboxylic acids is 1. The zero-order chi connectivity index (χ0) is 16.8. The Hall–Kier alpha value is -2.24. The van der Waals surface area contributed by atoms with Gasteiger partial charge in [-0.1, -0.05) is 19.9 Å². The van der Waals surface area contributed by atoms with Crippen LogP contribution in [0.25, 0.3) is 0 Å².